The second kappa shape index (κ2) is 6.03. The first-order valence-electron chi connectivity index (χ1n) is 5.57. The molecule has 0 spiro atoms. The molecule has 2 aromatic rings. The van der Waals surface area contributed by atoms with Gasteiger partial charge in [0, 0.05) is 14.5 Å². The van der Waals surface area contributed by atoms with Crippen LogP contribution in [0.4, 0.5) is 4.39 Å². The fraction of sp³-hybridized carbons (Fsp3) is 0.143. The number of halogens is 3. The molecule has 1 unspecified atom stereocenters. The maximum absolute atomic E-state index is 14.2. The van der Waals surface area contributed by atoms with E-state index in [0.29, 0.717) is 5.56 Å². The zero-order chi connectivity index (χ0) is 14.0. The summed E-state index contributed by atoms with van der Waals surface area (Å²) in [6.07, 6.45) is 0. The quantitative estimate of drug-likeness (QED) is 0.845. The molecule has 1 atom stereocenters. The molecule has 0 saturated carbocycles. The van der Waals surface area contributed by atoms with E-state index in [1.807, 2.05) is 18.2 Å². The number of benzene rings is 2. The number of ether oxygens (including phenoxy) is 1. The normalized spacial score (nSPS) is 12.3. The highest BCUT2D eigenvalue weighted by Gasteiger charge is 2.17. The van der Waals surface area contributed by atoms with Crippen LogP contribution in [0.25, 0.3) is 0 Å². The molecule has 0 amide bonds. The lowest BCUT2D eigenvalue weighted by molar-refractivity contribution is 0.383. The summed E-state index contributed by atoms with van der Waals surface area (Å²) in [6, 6.07) is 10.0. The first-order chi connectivity index (χ1) is 9.02. The van der Waals surface area contributed by atoms with Crippen LogP contribution in [0.2, 0.25) is 0 Å². The molecule has 0 radical (unpaired) electrons. The van der Waals surface area contributed by atoms with Gasteiger partial charge in [0.2, 0.25) is 0 Å². The Kier molecular flexibility index (Phi) is 4.60. The van der Waals surface area contributed by atoms with Gasteiger partial charge in [-0.3, -0.25) is 0 Å². The molecule has 0 aliphatic carbocycles. The molecule has 0 heterocycles. The Morgan fingerprint density at radius 3 is 2.37 bits per heavy atom. The third-order valence-electron chi connectivity index (χ3n) is 2.79. The van der Waals surface area contributed by atoms with Crippen molar-refractivity contribution in [1.29, 1.82) is 0 Å². The Morgan fingerprint density at radius 2 is 1.79 bits per heavy atom. The standard InChI is InChI=1S/C14H12Br2FNO/c1-19-12-4-2-3-11(13(12)17)14(18)8-5-9(15)7-10(16)6-8/h2-7,14H,18H2,1H3. The summed E-state index contributed by atoms with van der Waals surface area (Å²) in [5.41, 5.74) is 7.36. The summed E-state index contributed by atoms with van der Waals surface area (Å²) >= 11 is 6.79. The molecule has 0 saturated heterocycles. The van der Waals surface area contributed by atoms with Gasteiger partial charge in [-0.15, -0.1) is 0 Å². The largest absolute Gasteiger partial charge is 0.494 e. The molecule has 0 aromatic heterocycles. The molecular weight excluding hydrogens is 377 g/mol. The fourth-order valence-electron chi connectivity index (χ4n) is 1.86. The number of rotatable bonds is 3. The van der Waals surface area contributed by atoms with Crippen molar-refractivity contribution in [3.8, 4) is 5.75 Å². The highest BCUT2D eigenvalue weighted by atomic mass is 79.9. The van der Waals surface area contributed by atoms with E-state index in [1.165, 1.54) is 7.11 Å². The van der Waals surface area contributed by atoms with E-state index in [1.54, 1.807) is 18.2 Å². The van der Waals surface area contributed by atoms with E-state index in [4.69, 9.17) is 10.5 Å². The Labute approximate surface area is 128 Å². The summed E-state index contributed by atoms with van der Waals surface area (Å²) < 4.78 is 20.9. The van der Waals surface area contributed by atoms with Crippen molar-refractivity contribution in [3.05, 3.63) is 62.3 Å². The second-order valence-corrected chi connectivity index (χ2v) is 5.88. The second-order valence-electron chi connectivity index (χ2n) is 4.04. The SMILES string of the molecule is COc1cccc(C(N)c2cc(Br)cc(Br)c2)c1F. The molecule has 2 rings (SSSR count). The molecule has 19 heavy (non-hydrogen) atoms. The Bertz CT molecular complexity index is 584. The van der Waals surface area contributed by atoms with Crippen LogP contribution in [0.1, 0.15) is 17.2 Å². The molecule has 2 nitrogen and oxygen atoms in total. The van der Waals surface area contributed by atoms with E-state index in [-0.39, 0.29) is 5.75 Å². The fourth-order valence-corrected chi connectivity index (χ4v) is 3.19. The van der Waals surface area contributed by atoms with Gasteiger partial charge in [0.15, 0.2) is 11.6 Å². The first-order valence-corrected chi connectivity index (χ1v) is 7.15. The highest BCUT2D eigenvalue weighted by Crippen LogP contribution is 2.30. The summed E-state index contributed by atoms with van der Waals surface area (Å²) in [5, 5.41) is 0. The third kappa shape index (κ3) is 3.16. The number of nitrogens with two attached hydrogens (primary N) is 1. The van der Waals surface area contributed by atoms with Crippen molar-refractivity contribution in [2.45, 2.75) is 6.04 Å². The predicted octanol–water partition coefficient (Wildman–Crippen LogP) is 4.41. The molecule has 100 valence electrons. The monoisotopic (exact) mass is 387 g/mol. The van der Waals surface area contributed by atoms with Gasteiger partial charge < -0.3 is 10.5 Å². The Hall–Kier alpha value is -0.910. The first kappa shape index (κ1) is 14.5. The predicted molar refractivity (Wildman–Crippen MR) is 80.8 cm³/mol. The van der Waals surface area contributed by atoms with Gasteiger partial charge in [-0.2, -0.15) is 0 Å². The maximum atomic E-state index is 14.2. The minimum absolute atomic E-state index is 0.196. The van der Waals surface area contributed by atoms with E-state index in [0.717, 1.165) is 14.5 Å². The molecule has 0 aliphatic rings. The third-order valence-corrected chi connectivity index (χ3v) is 3.71. The smallest absolute Gasteiger partial charge is 0.170 e. The molecule has 2 aromatic carbocycles. The van der Waals surface area contributed by atoms with Crippen molar-refractivity contribution < 1.29 is 9.13 Å². The van der Waals surface area contributed by atoms with Gasteiger partial charge in [0.1, 0.15) is 0 Å². The van der Waals surface area contributed by atoms with E-state index in [2.05, 4.69) is 31.9 Å². The average molecular weight is 389 g/mol. The number of hydrogen-bond donors (Lipinski definition) is 1. The zero-order valence-corrected chi connectivity index (χ0v) is 13.3. The summed E-state index contributed by atoms with van der Waals surface area (Å²) in [4.78, 5) is 0. The van der Waals surface area contributed by atoms with Crippen molar-refractivity contribution in [2.24, 2.45) is 5.73 Å². The maximum Gasteiger partial charge on any atom is 0.170 e. The van der Waals surface area contributed by atoms with Gasteiger partial charge in [-0.1, -0.05) is 44.0 Å². The molecule has 5 heteroatoms. The number of hydrogen-bond acceptors (Lipinski definition) is 2. The minimum atomic E-state index is -0.552. The van der Waals surface area contributed by atoms with Crippen molar-refractivity contribution in [2.75, 3.05) is 7.11 Å². The number of methoxy groups -OCH3 is 1. The van der Waals surface area contributed by atoms with Crippen LogP contribution >= 0.6 is 31.9 Å². The molecule has 0 aliphatic heterocycles. The van der Waals surface area contributed by atoms with Crippen LogP contribution in [0.15, 0.2) is 45.3 Å². The zero-order valence-electron chi connectivity index (χ0n) is 10.2. The molecule has 0 fully saturated rings. The van der Waals surface area contributed by atoms with Gasteiger partial charge in [0.25, 0.3) is 0 Å². The van der Waals surface area contributed by atoms with Crippen molar-refractivity contribution in [1.82, 2.24) is 0 Å². The van der Waals surface area contributed by atoms with Crippen LogP contribution in [-0.4, -0.2) is 7.11 Å². The minimum Gasteiger partial charge on any atom is -0.494 e. The summed E-state index contributed by atoms with van der Waals surface area (Å²) in [5.74, 6) is -0.226. The van der Waals surface area contributed by atoms with Crippen LogP contribution in [0, 0.1) is 5.82 Å². The molecule has 2 N–H and O–H groups in total. The Morgan fingerprint density at radius 1 is 1.16 bits per heavy atom. The summed E-state index contributed by atoms with van der Waals surface area (Å²) in [7, 11) is 1.43. The van der Waals surface area contributed by atoms with Crippen LogP contribution in [-0.2, 0) is 0 Å². The van der Waals surface area contributed by atoms with Crippen LogP contribution in [0.3, 0.4) is 0 Å². The average Bonchev–Trinajstić information content (AvgIpc) is 2.37. The van der Waals surface area contributed by atoms with Crippen molar-refractivity contribution in [3.63, 3.8) is 0 Å². The lowest BCUT2D eigenvalue weighted by Crippen LogP contribution is -2.14. The van der Waals surface area contributed by atoms with Gasteiger partial charge in [-0.05, 0) is 29.8 Å². The van der Waals surface area contributed by atoms with E-state index >= 15 is 0 Å². The van der Waals surface area contributed by atoms with E-state index in [9.17, 15) is 4.39 Å². The van der Waals surface area contributed by atoms with E-state index < -0.39 is 11.9 Å². The molecule has 0 bridgehead atoms. The van der Waals surface area contributed by atoms with Gasteiger partial charge in [-0.25, -0.2) is 4.39 Å². The van der Waals surface area contributed by atoms with Gasteiger partial charge in [0.05, 0.1) is 13.2 Å². The summed E-state index contributed by atoms with van der Waals surface area (Å²) in [6.45, 7) is 0. The topological polar surface area (TPSA) is 35.2 Å². The van der Waals surface area contributed by atoms with Crippen molar-refractivity contribution >= 4 is 31.9 Å². The lowest BCUT2D eigenvalue weighted by atomic mass is 9.99. The lowest BCUT2D eigenvalue weighted by Gasteiger charge is -2.15. The van der Waals surface area contributed by atoms with Crippen LogP contribution < -0.4 is 10.5 Å². The van der Waals surface area contributed by atoms with Gasteiger partial charge >= 0.3 is 0 Å². The Balaban J connectivity index is 2.46. The van der Waals surface area contributed by atoms with Crippen LogP contribution in [0.5, 0.6) is 5.75 Å². The molecular formula is C14H12Br2FNO. The highest BCUT2D eigenvalue weighted by molar-refractivity contribution is 9.11.